The molecule has 1 saturated heterocycles. The Bertz CT molecular complexity index is 840. The Morgan fingerprint density at radius 2 is 2.04 bits per heavy atom. The molecule has 1 fully saturated rings. The lowest BCUT2D eigenvalue weighted by Gasteiger charge is -2.31. The average molecular weight is 379 g/mol. The summed E-state index contributed by atoms with van der Waals surface area (Å²) in [6.07, 6.45) is 6.02. The van der Waals surface area contributed by atoms with Gasteiger partial charge in [0.15, 0.2) is 0 Å². The summed E-state index contributed by atoms with van der Waals surface area (Å²) < 4.78 is 32.5. The van der Waals surface area contributed by atoms with Crippen LogP contribution in [0.4, 0.5) is 0 Å². The minimum absolute atomic E-state index is 0.228. The topological polar surface area (TPSA) is 59.5 Å². The summed E-state index contributed by atoms with van der Waals surface area (Å²) in [5, 5.41) is 1.68. The third-order valence-corrected chi connectivity index (χ3v) is 5.78. The van der Waals surface area contributed by atoms with Crippen LogP contribution in [0.2, 0.25) is 5.02 Å². The number of ether oxygens (including phenoxy) is 1. The molecule has 1 aromatic heterocycles. The van der Waals surface area contributed by atoms with Gasteiger partial charge in [0.1, 0.15) is 16.9 Å². The van der Waals surface area contributed by atoms with Crippen molar-refractivity contribution in [2.45, 2.75) is 18.9 Å². The highest BCUT2D eigenvalue weighted by Gasteiger charge is 2.28. The SMILES string of the molecule is O=S(=O)(/C=C/c1ccccc1)N1CCCC(Oc2ccncc2Cl)C1. The largest absolute Gasteiger partial charge is 0.487 e. The molecule has 1 aliphatic rings. The monoisotopic (exact) mass is 378 g/mol. The number of pyridine rings is 1. The minimum Gasteiger partial charge on any atom is -0.487 e. The number of nitrogens with zero attached hydrogens (tertiary/aromatic N) is 2. The molecule has 7 heteroatoms. The predicted molar refractivity (Wildman–Crippen MR) is 98.9 cm³/mol. The number of halogens is 1. The Morgan fingerprint density at radius 1 is 1.24 bits per heavy atom. The van der Waals surface area contributed by atoms with E-state index in [-0.39, 0.29) is 6.10 Å². The molecule has 0 aliphatic carbocycles. The molecule has 0 N–H and O–H groups in total. The first kappa shape index (κ1) is 17.9. The van der Waals surface area contributed by atoms with Gasteiger partial charge in [-0.1, -0.05) is 41.9 Å². The van der Waals surface area contributed by atoms with Crippen molar-refractivity contribution in [3.8, 4) is 5.75 Å². The van der Waals surface area contributed by atoms with Gasteiger partial charge < -0.3 is 4.74 Å². The molecule has 25 heavy (non-hydrogen) atoms. The molecule has 0 spiro atoms. The van der Waals surface area contributed by atoms with E-state index in [1.165, 1.54) is 15.9 Å². The Hall–Kier alpha value is -1.89. The Labute approximate surface area is 153 Å². The molecule has 0 amide bonds. The summed E-state index contributed by atoms with van der Waals surface area (Å²) in [5.41, 5.74) is 0.847. The molecule has 1 unspecified atom stereocenters. The average Bonchev–Trinajstić information content (AvgIpc) is 2.63. The van der Waals surface area contributed by atoms with Crippen LogP contribution in [0, 0.1) is 0 Å². The maximum atomic E-state index is 12.6. The molecule has 1 aromatic carbocycles. The number of benzene rings is 1. The van der Waals surface area contributed by atoms with Crippen LogP contribution in [0.25, 0.3) is 6.08 Å². The fourth-order valence-electron chi connectivity index (χ4n) is 2.68. The fourth-order valence-corrected chi connectivity index (χ4v) is 4.11. The van der Waals surface area contributed by atoms with E-state index in [2.05, 4.69) is 4.98 Å². The van der Waals surface area contributed by atoms with E-state index < -0.39 is 10.0 Å². The first-order valence-corrected chi connectivity index (χ1v) is 9.92. The number of piperidine rings is 1. The zero-order chi connectivity index (χ0) is 17.7. The zero-order valence-corrected chi connectivity index (χ0v) is 15.2. The van der Waals surface area contributed by atoms with Crippen LogP contribution >= 0.6 is 11.6 Å². The lowest BCUT2D eigenvalue weighted by Crippen LogP contribution is -2.43. The number of hydrogen-bond donors (Lipinski definition) is 0. The van der Waals surface area contributed by atoms with Gasteiger partial charge in [-0.3, -0.25) is 4.98 Å². The van der Waals surface area contributed by atoms with Gasteiger partial charge in [0, 0.05) is 30.4 Å². The van der Waals surface area contributed by atoms with Gasteiger partial charge in [0.2, 0.25) is 10.0 Å². The molecule has 1 atom stereocenters. The maximum Gasteiger partial charge on any atom is 0.236 e. The van der Waals surface area contributed by atoms with Crippen molar-refractivity contribution in [2.24, 2.45) is 0 Å². The van der Waals surface area contributed by atoms with Gasteiger partial charge in [-0.2, -0.15) is 4.31 Å². The van der Waals surface area contributed by atoms with Crippen molar-refractivity contribution in [3.05, 3.63) is 64.8 Å². The van der Waals surface area contributed by atoms with Crippen molar-refractivity contribution in [3.63, 3.8) is 0 Å². The van der Waals surface area contributed by atoms with Crippen LogP contribution in [-0.2, 0) is 10.0 Å². The van der Waals surface area contributed by atoms with Gasteiger partial charge in [-0.25, -0.2) is 8.42 Å². The molecular formula is C18H19ClN2O3S. The lowest BCUT2D eigenvalue weighted by atomic mass is 10.1. The first-order valence-electron chi connectivity index (χ1n) is 8.04. The summed E-state index contributed by atoms with van der Waals surface area (Å²) in [6.45, 7) is 0.797. The smallest absolute Gasteiger partial charge is 0.236 e. The second kappa shape index (κ2) is 7.99. The van der Waals surface area contributed by atoms with Gasteiger partial charge in [-0.15, -0.1) is 0 Å². The first-order chi connectivity index (χ1) is 12.0. The summed E-state index contributed by atoms with van der Waals surface area (Å²) >= 11 is 6.06. The van der Waals surface area contributed by atoms with Crippen LogP contribution in [0.5, 0.6) is 5.75 Å². The molecule has 5 nitrogen and oxygen atoms in total. The van der Waals surface area contributed by atoms with Crippen LogP contribution in [0.3, 0.4) is 0 Å². The molecule has 3 rings (SSSR count). The number of rotatable bonds is 5. The Morgan fingerprint density at radius 3 is 2.80 bits per heavy atom. The molecule has 1 aliphatic heterocycles. The highest BCUT2D eigenvalue weighted by Crippen LogP contribution is 2.26. The zero-order valence-electron chi connectivity index (χ0n) is 13.6. The highest BCUT2D eigenvalue weighted by molar-refractivity contribution is 7.92. The summed E-state index contributed by atoms with van der Waals surface area (Å²) in [4.78, 5) is 3.92. The maximum absolute atomic E-state index is 12.6. The second-order valence-corrected chi connectivity index (χ2v) is 8.03. The van der Waals surface area contributed by atoms with E-state index >= 15 is 0 Å². The van der Waals surface area contributed by atoms with Gasteiger partial charge in [-0.05, 0) is 24.5 Å². The number of aromatic nitrogens is 1. The third-order valence-electron chi connectivity index (χ3n) is 3.96. The quantitative estimate of drug-likeness (QED) is 0.797. The summed E-state index contributed by atoms with van der Waals surface area (Å²) in [6, 6.07) is 11.0. The molecule has 0 saturated carbocycles. The number of hydrogen-bond acceptors (Lipinski definition) is 4. The number of sulfonamides is 1. The van der Waals surface area contributed by atoms with Crippen molar-refractivity contribution in [1.29, 1.82) is 0 Å². The van der Waals surface area contributed by atoms with Crippen molar-refractivity contribution < 1.29 is 13.2 Å². The van der Waals surface area contributed by atoms with E-state index in [0.717, 1.165) is 18.4 Å². The van der Waals surface area contributed by atoms with E-state index in [1.807, 2.05) is 30.3 Å². The van der Waals surface area contributed by atoms with Crippen LogP contribution in [-0.4, -0.2) is 36.9 Å². The molecule has 2 heterocycles. The Kier molecular flexibility index (Phi) is 5.73. The normalized spacial score (nSPS) is 19.2. The third kappa shape index (κ3) is 4.81. The molecule has 2 aromatic rings. The minimum atomic E-state index is -3.49. The standard InChI is InChI=1S/C18H19ClN2O3S/c19-17-13-20-10-8-18(17)24-16-7-4-11-21(14-16)25(22,23)12-9-15-5-2-1-3-6-15/h1-3,5-6,8-10,12-13,16H,4,7,11,14H2/b12-9+. The highest BCUT2D eigenvalue weighted by atomic mass is 35.5. The van der Waals surface area contributed by atoms with E-state index in [1.54, 1.807) is 18.3 Å². The lowest BCUT2D eigenvalue weighted by molar-refractivity contribution is 0.130. The fraction of sp³-hybridized carbons (Fsp3) is 0.278. The van der Waals surface area contributed by atoms with Gasteiger partial charge in [0.25, 0.3) is 0 Å². The van der Waals surface area contributed by atoms with Gasteiger partial charge >= 0.3 is 0 Å². The molecule has 0 radical (unpaired) electrons. The summed E-state index contributed by atoms with van der Waals surface area (Å²) in [7, 11) is -3.49. The van der Waals surface area contributed by atoms with Crippen LogP contribution in [0.15, 0.2) is 54.2 Å². The van der Waals surface area contributed by atoms with Crippen LogP contribution in [0.1, 0.15) is 18.4 Å². The van der Waals surface area contributed by atoms with Crippen molar-refractivity contribution in [2.75, 3.05) is 13.1 Å². The molecular weight excluding hydrogens is 360 g/mol. The Balaban J connectivity index is 1.68. The van der Waals surface area contributed by atoms with E-state index in [0.29, 0.717) is 23.9 Å². The second-order valence-electron chi connectivity index (χ2n) is 5.80. The van der Waals surface area contributed by atoms with Crippen molar-refractivity contribution >= 4 is 27.7 Å². The van der Waals surface area contributed by atoms with Crippen molar-refractivity contribution in [1.82, 2.24) is 9.29 Å². The summed E-state index contributed by atoms with van der Waals surface area (Å²) in [5.74, 6) is 0.528. The van der Waals surface area contributed by atoms with Gasteiger partial charge in [0.05, 0.1) is 6.54 Å². The van der Waals surface area contributed by atoms with E-state index in [9.17, 15) is 8.42 Å². The van der Waals surface area contributed by atoms with Crippen LogP contribution < -0.4 is 4.74 Å². The predicted octanol–water partition coefficient (Wildman–Crippen LogP) is 3.58. The molecule has 132 valence electrons. The van der Waals surface area contributed by atoms with E-state index in [4.69, 9.17) is 16.3 Å². The molecule has 0 bridgehead atoms.